The van der Waals surface area contributed by atoms with Crippen molar-refractivity contribution in [2.24, 2.45) is 0 Å². The topological polar surface area (TPSA) is 77.0 Å². The third-order valence-corrected chi connectivity index (χ3v) is 3.33. The monoisotopic (exact) mass is 324 g/mol. The molecule has 0 unspecified atom stereocenters. The molecule has 0 saturated heterocycles. The molecule has 0 aliphatic rings. The summed E-state index contributed by atoms with van der Waals surface area (Å²) in [7, 11) is 0. The highest BCUT2D eigenvalue weighted by molar-refractivity contribution is 7.07. The first-order valence-corrected chi connectivity index (χ1v) is 7.65. The summed E-state index contributed by atoms with van der Waals surface area (Å²) in [5.74, 6) is 0.709. The summed E-state index contributed by atoms with van der Waals surface area (Å²) in [5, 5.41) is 4.62. The van der Waals surface area contributed by atoms with Gasteiger partial charge >= 0.3 is 0 Å². The van der Waals surface area contributed by atoms with E-state index < -0.39 is 0 Å². The Bertz CT molecular complexity index is 804. The SMILES string of the molecule is O=C(/C=C/c1cscn1)Nc1cccc(Oc2cnccn2)c1. The first-order valence-electron chi connectivity index (χ1n) is 6.71. The molecule has 3 rings (SSSR count). The summed E-state index contributed by atoms with van der Waals surface area (Å²) < 4.78 is 5.57. The van der Waals surface area contributed by atoms with Crippen molar-refractivity contribution in [3.8, 4) is 11.6 Å². The van der Waals surface area contributed by atoms with E-state index in [0.717, 1.165) is 5.69 Å². The van der Waals surface area contributed by atoms with Crippen LogP contribution in [0, 0.1) is 0 Å². The summed E-state index contributed by atoms with van der Waals surface area (Å²) in [4.78, 5) is 23.9. The minimum atomic E-state index is -0.241. The number of aromatic nitrogens is 3. The number of ether oxygens (including phenoxy) is 1. The molecule has 114 valence electrons. The van der Waals surface area contributed by atoms with Gasteiger partial charge in [-0.2, -0.15) is 0 Å². The predicted molar refractivity (Wildman–Crippen MR) is 88.3 cm³/mol. The van der Waals surface area contributed by atoms with Crippen LogP contribution in [0.2, 0.25) is 0 Å². The number of nitrogens with zero attached hydrogens (tertiary/aromatic N) is 3. The average molecular weight is 324 g/mol. The molecule has 0 saturated carbocycles. The van der Waals surface area contributed by atoms with Crippen LogP contribution in [0.25, 0.3) is 6.08 Å². The summed E-state index contributed by atoms with van der Waals surface area (Å²) in [6.07, 6.45) is 7.72. The van der Waals surface area contributed by atoms with Crippen LogP contribution >= 0.6 is 11.3 Å². The van der Waals surface area contributed by atoms with Gasteiger partial charge in [-0.05, 0) is 18.2 Å². The molecule has 1 amide bonds. The third-order valence-electron chi connectivity index (χ3n) is 2.72. The van der Waals surface area contributed by atoms with E-state index in [1.807, 2.05) is 5.38 Å². The molecule has 0 bridgehead atoms. The second-order valence-corrected chi connectivity index (χ2v) is 5.13. The molecule has 0 spiro atoms. The van der Waals surface area contributed by atoms with E-state index >= 15 is 0 Å². The van der Waals surface area contributed by atoms with E-state index in [4.69, 9.17) is 4.74 Å². The van der Waals surface area contributed by atoms with Gasteiger partial charge in [0.2, 0.25) is 11.8 Å². The Balaban J connectivity index is 1.64. The molecule has 6 nitrogen and oxygen atoms in total. The highest BCUT2D eigenvalue weighted by atomic mass is 32.1. The number of nitrogens with one attached hydrogen (secondary N) is 1. The highest BCUT2D eigenvalue weighted by Gasteiger charge is 2.02. The number of benzene rings is 1. The van der Waals surface area contributed by atoms with Gasteiger partial charge in [-0.1, -0.05) is 6.07 Å². The number of carbonyl (C=O) groups excluding carboxylic acids is 1. The van der Waals surface area contributed by atoms with Crippen molar-refractivity contribution < 1.29 is 9.53 Å². The zero-order valence-corrected chi connectivity index (χ0v) is 12.7. The molecule has 2 aromatic heterocycles. The number of anilines is 1. The van der Waals surface area contributed by atoms with Gasteiger partial charge in [-0.15, -0.1) is 11.3 Å². The van der Waals surface area contributed by atoms with Gasteiger partial charge in [0.1, 0.15) is 5.75 Å². The maximum Gasteiger partial charge on any atom is 0.248 e. The maximum atomic E-state index is 11.9. The lowest BCUT2D eigenvalue weighted by Crippen LogP contribution is -2.07. The van der Waals surface area contributed by atoms with E-state index in [1.165, 1.54) is 23.6 Å². The second-order valence-electron chi connectivity index (χ2n) is 4.41. The molecule has 7 heteroatoms. The number of amides is 1. The van der Waals surface area contributed by atoms with E-state index in [2.05, 4.69) is 20.3 Å². The van der Waals surface area contributed by atoms with Crippen molar-refractivity contribution in [1.29, 1.82) is 0 Å². The normalized spacial score (nSPS) is 10.6. The summed E-state index contributed by atoms with van der Waals surface area (Å²) in [6, 6.07) is 7.04. The predicted octanol–water partition coefficient (Wildman–Crippen LogP) is 3.38. The number of hydrogen-bond acceptors (Lipinski definition) is 6. The van der Waals surface area contributed by atoms with E-state index in [1.54, 1.807) is 48.2 Å². The molecule has 0 fully saturated rings. The number of rotatable bonds is 5. The Morgan fingerprint density at radius 2 is 2.22 bits per heavy atom. The van der Waals surface area contributed by atoms with Gasteiger partial charge in [-0.3, -0.25) is 9.78 Å². The number of carbonyl (C=O) groups is 1. The van der Waals surface area contributed by atoms with Gasteiger partial charge in [0.05, 0.1) is 17.4 Å². The molecule has 0 atom stereocenters. The van der Waals surface area contributed by atoms with Gasteiger partial charge in [0.15, 0.2) is 0 Å². The standard InChI is InChI=1S/C16H12N4O2S/c21-15(5-4-13-10-23-11-19-13)20-12-2-1-3-14(8-12)22-16-9-17-6-7-18-16/h1-11H,(H,20,21)/b5-4+. The molecular weight excluding hydrogens is 312 g/mol. The molecule has 0 radical (unpaired) electrons. The second kappa shape index (κ2) is 7.28. The fourth-order valence-corrected chi connectivity index (χ4v) is 2.27. The van der Waals surface area contributed by atoms with Crippen molar-refractivity contribution in [1.82, 2.24) is 15.0 Å². The minimum Gasteiger partial charge on any atom is -0.437 e. The first kappa shape index (κ1) is 14.9. The van der Waals surface area contributed by atoms with E-state index in [9.17, 15) is 4.79 Å². The molecule has 1 N–H and O–H groups in total. The maximum absolute atomic E-state index is 11.9. The van der Waals surface area contributed by atoms with Crippen LogP contribution in [-0.2, 0) is 4.79 Å². The van der Waals surface area contributed by atoms with Crippen molar-refractivity contribution in [2.45, 2.75) is 0 Å². The Hall–Kier alpha value is -3.06. The Kier molecular flexibility index (Phi) is 4.70. The van der Waals surface area contributed by atoms with Crippen molar-refractivity contribution >= 4 is 29.0 Å². The van der Waals surface area contributed by atoms with Crippen LogP contribution in [0.1, 0.15) is 5.69 Å². The lowest BCUT2D eigenvalue weighted by Gasteiger charge is -2.06. The summed E-state index contributed by atoms with van der Waals surface area (Å²) in [5.41, 5.74) is 3.09. The molecule has 0 aliphatic heterocycles. The molecule has 1 aromatic carbocycles. The van der Waals surface area contributed by atoms with Gasteiger partial charge in [-0.25, -0.2) is 9.97 Å². The first-order chi connectivity index (χ1) is 11.3. The van der Waals surface area contributed by atoms with Gasteiger partial charge in [0.25, 0.3) is 0 Å². The smallest absolute Gasteiger partial charge is 0.248 e. The number of thiazole rings is 1. The third kappa shape index (κ3) is 4.45. The fourth-order valence-electron chi connectivity index (χ4n) is 1.75. The lowest BCUT2D eigenvalue weighted by molar-refractivity contribution is -0.111. The van der Waals surface area contributed by atoms with Crippen LogP contribution < -0.4 is 10.1 Å². The summed E-state index contributed by atoms with van der Waals surface area (Å²) >= 11 is 1.48. The molecular formula is C16H12N4O2S. The average Bonchev–Trinajstić information content (AvgIpc) is 3.08. The van der Waals surface area contributed by atoms with Crippen LogP contribution in [0.5, 0.6) is 11.6 Å². The van der Waals surface area contributed by atoms with Crippen LogP contribution in [0.15, 0.2) is 59.8 Å². The molecule has 23 heavy (non-hydrogen) atoms. The Morgan fingerprint density at radius 1 is 1.26 bits per heavy atom. The van der Waals surface area contributed by atoms with Crippen molar-refractivity contribution in [3.05, 3.63) is 65.5 Å². The summed E-state index contributed by atoms with van der Waals surface area (Å²) in [6.45, 7) is 0. The van der Waals surface area contributed by atoms with Crippen molar-refractivity contribution in [2.75, 3.05) is 5.32 Å². The highest BCUT2D eigenvalue weighted by Crippen LogP contribution is 2.22. The minimum absolute atomic E-state index is 0.241. The van der Waals surface area contributed by atoms with Crippen LogP contribution in [0.3, 0.4) is 0 Å². The van der Waals surface area contributed by atoms with E-state index in [0.29, 0.717) is 17.3 Å². The van der Waals surface area contributed by atoms with Gasteiger partial charge < -0.3 is 10.1 Å². The van der Waals surface area contributed by atoms with E-state index in [-0.39, 0.29) is 5.91 Å². The van der Waals surface area contributed by atoms with Crippen molar-refractivity contribution in [3.63, 3.8) is 0 Å². The Labute approximate surface area is 136 Å². The van der Waals surface area contributed by atoms with Crippen LogP contribution in [-0.4, -0.2) is 20.9 Å². The lowest BCUT2D eigenvalue weighted by atomic mass is 10.3. The van der Waals surface area contributed by atoms with Crippen LogP contribution in [0.4, 0.5) is 5.69 Å². The molecule has 3 aromatic rings. The molecule has 0 aliphatic carbocycles. The Morgan fingerprint density at radius 3 is 3.00 bits per heavy atom. The fraction of sp³-hybridized carbons (Fsp3) is 0. The zero-order chi connectivity index (χ0) is 15.9. The number of hydrogen-bond donors (Lipinski definition) is 1. The van der Waals surface area contributed by atoms with Gasteiger partial charge in [0, 0.05) is 35.6 Å². The largest absolute Gasteiger partial charge is 0.437 e. The molecule has 2 heterocycles. The quantitative estimate of drug-likeness (QED) is 0.728. The zero-order valence-electron chi connectivity index (χ0n) is 11.9.